The van der Waals surface area contributed by atoms with Crippen LogP contribution in [-0.2, 0) is 4.79 Å². The molecule has 0 aromatic heterocycles. The van der Waals surface area contributed by atoms with Gasteiger partial charge >= 0.3 is 5.97 Å². The van der Waals surface area contributed by atoms with Gasteiger partial charge in [0.2, 0.25) is 0 Å². The summed E-state index contributed by atoms with van der Waals surface area (Å²) in [5.74, 6) is -1.31. The monoisotopic (exact) mass is 294 g/mol. The van der Waals surface area contributed by atoms with E-state index in [0.29, 0.717) is 11.5 Å². The van der Waals surface area contributed by atoms with Crippen LogP contribution in [0.25, 0.3) is 0 Å². The van der Waals surface area contributed by atoms with Crippen molar-refractivity contribution < 1.29 is 25.3 Å². The highest BCUT2D eigenvalue weighted by Gasteiger charge is 2.45. The van der Waals surface area contributed by atoms with Gasteiger partial charge in [0, 0.05) is 19.5 Å². The summed E-state index contributed by atoms with van der Waals surface area (Å²) in [6.45, 7) is -0.361. The molecule has 2 unspecified atom stereocenters. The molecule has 0 bridgehead atoms. The number of rotatable bonds is 11. The lowest BCUT2D eigenvalue weighted by Crippen LogP contribution is -2.58. The molecule has 10 N–H and O–H groups in total. The van der Waals surface area contributed by atoms with Crippen LogP contribution in [0.3, 0.4) is 0 Å². The van der Waals surface area contributed by atoms with Crippen LogP contribution in [0.5, 0.6) is 0 Å². The van der Waals surface area contributed by atoms with Gasteiger partial charge in [-0.25, -0.2) is 0 Å². The number of hydrogen-bond donors (Lipinski definition) is 7. The Bertz CT molecular complexity index is 294. The molecule has 0 aromatic carbocycles. The fourth-order valence-electron chi connectivity index (χ4n) is 1.96. The van der Waals surface area contributed by atoms with Gasteiger partial charge in [-0.15, -0.1) is 0 Å². The number of carboxylic acid groups (broad SMARTS) is 1. The molecule has 0 radical (unpaired) electrons. The minimum atomic E-state index is -1.76. The molecule has 9 heteroatoms. The predicted octanol–water partition coefficient (Wildman–Crippen LogP) is -2.73. The zero-order chi connectivity index (χ0) is 15.8. The summed E-state index contributed by atoms with van der Waals surface area (Å²) in [4.78, 5) is 11.6. The van der Waals surface area contributed by atoms with Crippen LogP contribution >= 0.6 is 0 Å². The van der Waals surface area contributed by atoms with Gasteiger partial charge in [0.25, 0.3) is 0 Å². The fraction of sp³-hybridized carbons (Fsp3) is 0.909. The number of hydrogen-bond acceptors (Lipinski definition) is 8. The third-order valence-corrected chi connectivity index (χ3v) is 3.19. The molecule has 0 saturated carbocycles. The number of aliphatic carboxylic acids is 1. The van der Waals surface area contributed by atoms with Gasteiger partial charge in [0.1, 0.15) is 5.54 Å². The van der Waals surface area contributed by atoms with Crippen LogP contribution in [0.1, 0.15) is 19.3 Å². The molecule has 0 spiro atoms. The van der Waals surface area contributed by atoms with Gasteiger partial charge in [-0.2, -0.15) is 5.06 Å². The van der Waals surface area contributed by atoms with Crippen molar-refractivity contribution in [2.45, 2.75) is 37.0 Å². The topological polar surface area (TPSA) is 179 Å². The van der Waals surface area contributed by atoms with E-state index in [-0.39, 0.29) is 39.0 Å². The summed E-state index contributed by atoms with van der Waals surface area (Å²) in [5.41, 5.74) is 14.2. The number of aliphatic hydroxyl groups is 2. The molecule has 20 heavy (non-hydrogen) atoms. The van der Waals surface area contributed by atoms with Crippen LogP contribution in [0, 0.1) is 0 Å². The summed E-state index contributed by atoms with van der Waals surface area (Å²) >= 11 is 0. The zero-order valence-corrected chi connectivity index (χ0v) is 11.5. The third-order valence-electron chi connectivity index (χ3n) is 3.19. The maximum absolute atomic E-state index is 11.6. The van der Waals surface area contributed by atoms with E-state index in [1.165, 1.54) is 0 Å². The average Bonchev–Trinajstić information content (AvgIpc) is 2.42. The van der Waals surface area contributed by atoms with Crippen molar-refractivity contribution in [2.75, 3.05) is 26.2 Å². The Labute approximate surface area is 117 Å². The largest absolute Gasteiger partial charge is 0.480 e. The third kappa shape index (κ3) is 5.29. The Kier molecular flexibility index (Phi) is 8.81. The maximum Gasteiger partial charge on any atom is 0.326 e. The molecule has 120 valence electrons. The summed E-state index contributed by atoms with van der Waals surface area (Å²) in [7, 11) is 0. The lowest BCUT2D eigenvalue weighted by atomic mass is 9.86. The highest BCUT2D eigenvalue weighted by Crippen LogP contribution is 2.27. The fourth-order valence-corrected chi connectivity index (χ4v) is 1.96. The second kappa shape index (κ2) is 9.19. The normalized spacial score (nSPS) is 17.8. The molecule has 0 aliphatic heterocycles. The highest BCUT2D eigenvalue weighted by atomic mass is 16.5. The number of aliphatic hydroxyl groups excluding tert-OH is 2. The van der Waals surface area contributed by atoms with E-state index < -0.39 is 23.7 Å². The lowest BCUT2D eigenvalue weighted by Gasteiger charge is -2.38. The minimum Gasteiger partial charge on any atom is -0.480 e. The summed E-state index contributed by atoms with van der Waals surface area (Å²) in [5, 5.41) is 39.1. The summed E-state index contributed by atoms with van der Waals surface area (Å²) < 4.78 is 0. The lowest BCUT2D eigenvalue weighted by molar-refractivity contribution is -0.213. The van der Waals surface area contributed by atoms with Crippen molar-refractivity contribution in [1.82, 2.24) is 5.06 Å². The molecule has 0 fully saturated rings. The second-order valence-electron chi connectivity index (χ2n) is 4.79. The highest BCUT2D eigenvalue weighted by molar-refractivity contribution is 5.78. The van der Waals surface area contributed by atoms with Crippen LogP contribution in [0.4, 0.5) is 0 Å². The van der Waals surface area contributed by atoms with Gasteiger partial charge in [0.15, 0.2) is 0 Å². The molecular formula is C11H26N4O5. The molecule has 0 aromatic rings. The first-order valence-electron chi connectivity index (χ1n) is 6.50. The van der Waals surface area contributed by atoms with E-state index in [1.807, 2.05) is 0 Å². The number of carbonyl (C=O) groups is 1. The smallest absolute Gasteiger partial charge is 0.326 e. The van der Waals surface area contributed by atoms with Crippen molar-refractivity contribution in [3.05, 3.63) is 0 Å². The Balaban J connectivity index is 5.19. The standard InChI is InChI=1S/C11H26N4O5/c12-3-1-2-11(10(18)19,4-8(16)5-13)15(20)7-9(17)6-14/h8-9,16-17,20H,1-7,12-14H2,(H,18,19)/t8?,9?,11-/m1/s1. The van der Waals surface area contributed by atoms with Crippen LogP contribution in [0.15, 0.2) is 0 Å². The van der Waals surface area contributed by atoms with Gasteiger partial charge in [-0.1, -0.05) is 0 Å². The summed E-state index contributed by atoms with van der Waals surface area (Å²) in [6, 6.07) is 0. The van der Waals surface area contributed by atoms with E-state index in [1.54, 1.807) is 0 Å². The predicted molar refractivity (Wildman–Crippen MR) is 71.9 cm³/mol. The van der Waals surface area contributed by atoms with Crippen molar-refractivity contribution in [3.63, 3.8) is 0 Å². The molecular weight excluding hydrogens is 268 g/mol. The maximum atomic E-state index is 11.6. The van der Waals surface area contributed by atoms with Crippen molar-refractivity contribution in [3.8, 4) is 0 Å². The zero-order valence-electron chi connectivity index (χ0n) is 11.5. The van der Waals surface area contributed by atoms with E-state index >= 15 is 0 Å². The number of nitrogens with zero attached hydrogens (tertiary/aromatic N) is 1. The quantitative estimate of drug-likeness (QED) is 0.199. The Morgan fingerprint density at radius 3 is 2.10 bits per heavy atom. The van der Waals surface area contributed by atoms with Crippen LogP contribution in [-0.4, -0.2) is 75.5 Å². The van der Waals surface area contributed by atoms with E-state index in [2.05, 4.69) is 0 Å². The van der Waals surface area contributed by atoms with E-state index in [4.69, 9.17) is 17.2 Å². The second-order valence-corrected chi connectivity index (χ2v) is 4.79. The van der Waals surface area contributed by atoms with Crippen molar-refractivity contribution >= 4 is 5.97 Å². The Morgan fingerprint density at radius 1 is 1.15 bits per heavy atom. The first-order valence-corrected chi connectivity index (χ1v) is 6.50. The van der Waals surface area contributed by atoms with Gasteiger partial charge < -0.3 is 37.7 Å². The van der Waals surface area contributed by atoms with Crippen LogP contribution < -0.4 is 17.2 Å². The van der Waals surface area contributed by atoms with Gasteiger partial charge in [-0.05, 0) is 19.4 Å². The molecule has 0 aliphatic rings. The number of carboxylic acids is 1. The first-order chi connectivity index (χ1) is 9.33. The van der Waals surface area contributed by atoms with E-state index in [9.17, 15) is 25.3 Å². The SMILES string of the molecule is NCCC[C@@](CC(O)CN)(C(=O)O)N(O)CC(O)CN. The minimum absolute atomic E-state index is 0.0175. The number of nitrogens with two attached hydrogens (primary N) is 3. The van der Waals surface area contributed by atoms with Crippen LogP contribution in [0.2, 0.25) is 0 Å². The van der Waals surface area contributed by atoms with Gasteiger partial charge in [-0.3, -0.25) is 4.79 Å². The molecule has 0 amide bonds. The average molecular weight is 294 g/mol. The molecule has 0 saturated heterocycles. The van der Waals surface area contributed by atoms with Gasteiger partial charge in [0.05, 0.1) is 18.8 Å². The van der Waals surface area contributed by atoms with E-state index in [0.717, 1.165) is 0 Å². The molecule has 0 aliphatic carbocycles. The Morgan fingerprint density at radius 2 is 1.70 bits per heavy atom. The Hall–Kier alpha value is -0.810. The number of β-amino-alcohol motifs (C(OH)–C–C–N with tert-alkyl or cyclic N) is 1. The van der Waals surface area contributed by atoms with Crippen molar-refractivity contribution in [1.29, 1.82) is 0 Å². The molecule has 3 atom stereocenters. The first kappa shape index (κ1) is 19.2. The number of hydroxylamine groups is 2. The molecule has 0 heterocycles. The molecule has 9 nitrogen and oxygen atoms in total. The van der Waals surface area contributed by atoms with Crippen molar-refractivity contribution in [2.24, 2.45) is 17.2 Å². The molecule has 0 rings (SSSR count). The summed E-state index contributed by atoms with van der Waals surface area (Å²) in [6.07, 6.45) is -2.09.